The van der Waals surface area contributed by atoms with Crippen molar-refractivity contribution in [1.82, 2.24) is 29.5 Å². The summed E-state index contributed by atoms with van der Waals surface area (Å²) >= 11 is 6.10. The monoisotopic (exact) mass is 800 g/mol. The first-order chi connectivity index (χ1) is 26.8. The van der Waals surface area contributed by atoms with Gasteiger partial charge in [-0.25, -0.2) is 24.0 Å². The lowest BCUT2D eigenvalue weighted by molar-refractivity contribution is -0.141. The minimum atomic E-state index is -4.82. The molecule has 56 heavy (non-hydrogen) atoms. The van der Waals surface area contributed by atoms with Gasteiger partial charge in [0, 0.05) is 64.6 Å². The first-order valence-corrected chi connectivity index (χ1v) is 18.2. The predicted molar refractivity (Wildman–Crippen MR) is 198 cm³/mol. The van der Waals surface area contributed by atoms with Crippen molar-refractivity contribution in [2.75, 3.05) is 70.2 Å². The number of piperidine rings is 1. The normalized spacial score (nSPS) is 15.8. The number of piperazine rings is 1. The van der Waals surface area contributed by atoms with Gasteiger partial charge in [0.25, 0.3) is 5.91 Å². The molecule has 0 bridgehead atoms. The second kappa shape index (κ2) is 17.5. The summed E-state index contributed by atoms with van der Waals surface area (Å²) in [6.07, 6.45) is -5.45. The first-order valence-electron chi connectivity index (χ1n) is 17.8. The average Bonchev–Trinajstić information content (AvgIpc) is 3.60. The molecule has 4 heterocycles. The molecule has 0 unspecified atom stereocenters. The Labute approximate surface area is 324 Å². The van der Waals surface area contributed by atoms with Gasteiger partial charge in [0.1, 0.15) is 12.4 Å². The number of ether oxygens (including phenoxy) is 3. The third kappa shape index (κ3) is 9.42. The lowest BCUT2D eigenvalue weighted by Gasteiger charge is -2.37. The van der Waals surface area contributed by atoms with Crippen LogP contribution in [0.25, 0.3) is 11.4 Å². The first kappa shape index (κ1) is 40.1. The zero-order chi connectivity index (χ0) is 40.0. The van der Waals surface area contributed by atoms with E-state index in [0.29, 0.717) is 37.6 Å². The Morgan fingerprint density at radius 3 is 2.34 bits per heavy atom. The Balaban J connectivity index is 1.13. The summed E-state index contributed by atoms with van der Waals surface area (Å²) in [5.41, 5.74) is 4.44. The van der Waals surface area contributed by atoms with Crippen molar-refractivity contribution in [3.05, 3.63) is 93.0 Å². The highest BCUT2D eigenvalue weighted by Gasteiger charge is 2.37. The third-order valence-electron chi connectivity index (χ3n) is 9.61. The van der Waals surface area contributed by atoms with Crippen molar-refractivity contribution < 1.29 is 41.8 Å². The third-order valence-corrected chi connectivity index (χ3v) is 9.92. The number of alkyl halides is 3. The number of methoxy groups -OCH3 is 1. The number of pyridine rings is 1. The molecule has 1 atom stereocenters. The highest BCUT2D eigenvalue weighted by atomic mass is 35.5. The summed E-state index contributed by atoms with van der Waals surface area (Å²) in [7, 11) is 1.49. The van der Waals surface area contributed by atoms with E-state index in [4.69, 9.17) is 31.5 Å². The number of rotatable bonds is 11. The van der Waals surface area contributed by atoms with Crippen molar-refractivity contribution in [3.8, 4) is 11.4 Å². The van der Waals surface area contributed by atoms with Crippen LogP contribution in [0.1, 0.15) is 40.4 Å². The summed E-state index contributed by atoms with van der Waals surface area (Å²) in [5.74, 6) is -0.174. The number of carbonyl (C=O) groups excluding carboxylic acids is 3. The Morgan fingerprint density at radius 1 is 0.982 bits per heavy atom. The van der Waals surface area contributed by atoms with Crippen LogP contribution in [-0.4, -0.2) is 113 Å². The maximum absolute atomic E-state index is 14.0. The number of aromatic amines is 1. The molecule has 298 valence electrons. The molecule has 0 spiro atoms. The molecule has 2 aliphatic heterocycles. The van der Waals surface area contributed by atoms with E-state index in [1.54, 1.807) is 12.1 Å². The van der Waals surface area contributed by atoms with E-state index in [0.717, 1.165) is 11.6 Å². The van der Waals surface area contributed by atoms with Crippen LogP contribution in [0.4, 0.5) is 29.5 Å². The molecule has 0 aliphatic carbocycles. The van der Waals surface area contributed by atoms with Gasteiger partial charge in [-0.2, -0.15) is 13.2 Å². The number of amides is 2. The molecule has 15 nitrogen and oxygen atoms in total. The molecule has 2 aromatic heterocycles. The maximum Gasteiger partial charge on any atom is 0.418 e. The topological polar surface area (TPSA) is 178 Å². The van der Waals surface area contributed by atoms with E-state index in [9.17, 15) is 32.3 Å². The molecule has 0 saturated carbocycles. The second-order valence-corrected chi connectivity index (χ2v) is 13.7. The summed E-state index contributed by atoms with van der Waals surface area (Å²) < 4.78 is 58.7. The Kier molecular flexibility index (Phi) is 12.5. The Morgan fingerprint density at radius 2 is 1.70 bits per heavy atom. The van der Waals surface area contributed by atoms with Gasteiger partial charge in [-0.3, -0.25) is 9.78 Å². The van der Waals surface area contributed by atoms with E-state index >= 15 is 0 Å². The molecule has 2 saturated heterocycles. The smallest absolute Gasteiger partial charge is 0.418 e. The number of aromatic nitrogens is 4. The molecule has 6 rings (SSSR count). The highest BCUT2D eigenvalue weighted by molar-refractivity contribution is 6.33. The van der Waals surface area contributed by atoms with Crippen LogP contribution in [0.15, 0.2) is 65.6 Å². The van der Waals surface area contributed by atoms with Gasteiger partial charge in [0.15, 0.2) is 11.9 Å². The number of likely N-dealkylation sites (tertiary alicyclic amines) is 1. The molecule has 0 radical (unpaired) electrons. The predicted octanol–water partition coefficient (Wildman–Crippen LogP) is 4.42. The van der Waals surface area contributed by atoms with E-state index < -0.39 is 47.9 Å². The van der Waals surface area contributed by atoms with Gasteiger partial charge in [0.05, 0.1) is 34.5 Å². The highest BCUT2D eigenvalue weighted by Crippen LogP contribution is 2.38. The van der Waals surface area contributed by atoms with E-state index in [1.807, 2.05) is 35.2 Å². The van der Waals surface area contributed by atoms with Crippen LogP contribution in [-0.2, 0) is 31.6 Å². The number of anilines is 2. The van der Waals surface area contributed by atoms with Crippen LogP contribution in [0.2, 0.25) is 5.02 Å². The quantitative estimate of drug-likeness (QED) is 0.125. The number of benzene rings is 2. The summed E-state index contributed by atoms with van der Waals surface area (Å²) in [4.78, 5) is 64.5. The molecular formula is C37H40ClF3N8O7. The fourth-order valence-corrected chi connectivity index (χ4v) is 6.82. The number of H-pyrrole nitrogens is 1. The van der Waals surface area contributed by atoms with Crippen molar-refractivity contribution in [2.24, 2.45) is 0 Å². The van der Waals surface area contributed by atoms with E-state index in [-0.39, 0.29) is 67.3 Å². The molecule has 2 aromatic carbocycles. The number of carbonyl (C=O) groups is 3. The van der Waals surface area contributed by atoms with Crippen LogP contribution in [0.3, 0.4) is 0 Å². The minimum absolute atomic E-state index is 0.00261. The van der Waals surface area contributed by atoms with Crippen LogP contribution in [0.5, 0.6) is 0 Å². The number of nitrogens with one attached hydrogen (secondary N) is 1. The van der Waals surface area contributed by atoms with Crippen LogP contribution in [0, 0.1) is 0 Å². The standard InChI is InChI=1S/C37H40ClF3N8O7/c1-54-17-18-55-34(51)25-7-8-30(43-22-25)46-13-15-47(16-14-46)33(50)29(21-23-19-27(37(39,40)41)31(42)28(38)20-23)56-36(53)48-11-9-26(10-12-48)49-35(52)44-32(45-49)24-5-3-2-4-6-24/h2-8,19-20,22,26,29H,9-18,21,42H2,1H3,(H,44,45,52)/t29-/m1/s1. The van der Waals surface area contributed by atoms with E-state index in [2.05, 4.69) is 15.1 Å². The molecule has 2 amide bonds. The number of nitrogens with zero attached hydrogens (tertiary/aromatic N) is 6. The van der Waals surface area contributed by atoms with Gasteiger partial charge in [-0.15, -0.1) is 5.10 Å². The van der Waals surface area contributed by atoms with Crippen LogP contribution >= 0.6 is 11.6 Å². The van der Waals surface area contributed by atoms with Crippen LogP contribution < -0.4 is 16.3 Å². The number of nitrogens with two attached hydrogens (primary N) is 1. The fourth-order valence-electron chi connectivity index (χ4n) is 6.57. The molecule has 19 heteroatoms. The van der Waals surface area contributed by atoms with Gasteiger partial charge in [-0.1, -0.05) is 41.9 Å². The average molecular weight is 801 g/mol. The van der Waals surface area contributed by atoms with Crippen molar-refractivity contribution in [1.29, 1.82) is 0 Å². The Hall–Kier alpha value is -5.62. The number of halogens is 4. The van der Waals surface area contributed by atoms with Gasteiger partial charge >= 0.3 is 23.9 Å². The molecular weight excluding hydrogens is 761 g/mol. The fraction of sp³-hybridized carbons (Fsp3) is 0.405. The minimum Gasteiger partial charge on any atom is -0.460 e. The number of nitrogen functional groups attached to an aromatic ring is 1. The molecule has 2 fully saturated rings. The van der Waals surface area contributed by atoms with Crippen molar-refractivity contribution in [3.63, 3.8) is 0 Å². The lowest BCUT2D eigenvalue weighted by atomic mass is 10.0. The van der Waals surface area contributed by atoms with Gasteiger partial charge in [-0.05, 0) is 42.7 Å². The summed E-state index contributed by atoms with van der Waals surface area (Å²) in [5, 5.41) is 4.11. The van der Waals surface area contributed by atoms with Gasteiger partial charge < -0.3 is 34.6 Å². The number of esters is 1. The molecule has 3 N–H and O–H groups in total. The SMILES string of the molecule is COCCOC(=O)c1ccc(N2CCN(C(=O)[C@@H](Cc3cc(Cl)c(N)c(C(F)(F)F)c3)OC(=O)N3CCC(n4nc(-c5ccccc5)[nH]c4=O)CC3)CC2)nc1. The number of hydrogen-bond acceptors (Lipinski definition) is 11. The molecule has 4 aromatic rings. The summed E-state index contributed by atoms with van der Waals surface area (Å²) in [6.45, 7) is 1.72. The largest absolute Gasteiger partial charge is 0.460 e. The molecule has 2 aliphatic rings. The maximum atomic E-state index is 14.0. The zero-order valence-electron chi connectivity index (χ0n) is 30.3. The zero-order valence-corrected chi connectivity index (χ0v) is 31.1. The second-order valence-electron chi connectivity index (χ2n) is 13.3. The number of hydrogen-bond donors (Lipinski definition) is 2. The van der Waals surface area contributed by atoms with Gasteiger partial charge in [0.2, 0.25) is 0 Å². The van der Waals surface area contributed by atoms with E-state index in [1.165, 1.54) is 33.9 Å². The van der Waals surface area contributed by atoms with Crippen molar-refractivity contribution in [2.45, 2.75) is 37.6 Å². The Bertz CT molecular complexity index is 2060. The van der Waals surface area contributed by atoms with Crippen molar-refractivity contribution >= 4 is 41.1 Å². The lowest BCUT2D eigenvalue weighted by Crippen LogP contribution is -2.53. The summed E-state index contributed by atoms with van der Waals surface area (Å²) in [6, 6.07) is 14.1.